The molecule has 0 spiro atoms. The molecule has 2 rings (SSSR count). The number of benzene rings is 1. The fourth-order valence-corrected chi connectivity index (χ4v) is 1.96. The van der Waals surface area contributed by atoms with E-state index in [9.17, 15) is 14.3 Å². The maximum absolute atomic E-state index is 13.0. The number of halogens is 1. The molecule has 0 bridgehead atoms. The summed E-state index contributed by atoms with van der Waals surface area (Å²) in [4.78, 5) is 11.0. The number of carbonyl (C=O) groups excluding carboxylic acids is 1. The summed E-state index contributed by atoms with van der Waals surface area (Å²) in [6, 6.07) is 4.12. The first kappa shape index (κ1) is 11.9. The molecular weight excluding hydrogens is 223 g/mol. The topological polar surface area (TPSA) is 61.4 Å². The Labute approximate surface area is 98.8 Å². The second kappa shape index (κ2) is 5.14. The standard InChI is InChI=1S/C12H15FN2O2/c13-9-3-8(4-11(16)5-9)6-14-7-10-1-2-12(17)15-10/h3-5,10,14,16H,1-2,6-7H2,(H,15,17). The zero-order valence-corrected chi connectivity index (χ0v) is 9.37. The molecule has 1 aliphatic heterocycles. The van der Waals surface area contributed by atoms with E-state index < -0.39 is 5.82 Å². The van der Waals surface area contributed by atoms with Gasteiger partial charge in [0, 0.05) is 31.6 Å². The number of aromatic hydroxyl groups is 1. The molecule has 0 aromatic heterocycles. The number of hydrogen-bond donors (Lipinski definition) is 3. The average Bonchev–Trinajstić information content (AvgIpc) is 2.63. The van der Waals surface area contributed by atoms with Crippen molar-refractivity contribution in [3.63, 3.8) is 0 Å². The zero-order chi connectivity index (χ0) is 12.3. The summed E-state index contributed by atoms with van der Waals surface area (Å²) in [5.74, 6) is -0.438. The van der Waals surface area contributed by atoms with E-state index in [-0.39, 0.29) is 17.7 Å². The highest BCUT2D eigenvalue weighted by Crippen LogP contribution is 2.14. The summed E-state index contributed by atoms with van der Waals surface area (Å²) in [5, 5.41) is 15.2. The van der Waals surface area contributed by atoms with Gasteiger partial charge in [0.15, 0.2) is 0 Å². The number of phenols is 1. The minimum Gasteiger partial charge on any atom is -0.508 e. The Bertz CT molecular complexity index is 403. The van der Waals surface area contributed by atoms with Crippen molar-refractivity contribution in [3.8, 4) is 5.75 Å². The lowest BCUT2D eigenvalue weighted by molar-refractivity contribution is -0.119. The van der Waals surface area contributed by atoms with Crippen molar-refractivity contribution in [3.05, 3.63) is 29.6 Å². The molecule has 1 heterocycles. The third-order valence-corrected chi connectivity index (χ3v) is 2.75. The maximum Gasteiger partial charge on any atom is 0.220 e. The van der Waals surface area contributed by atoms with E-state index in [2.05, 4.69) is 10.6 Å². The maximum atomic E-state index is 13.0. The van der Waals surface area contributed by atoms with Crippen LogP contribution in [0.2, 0.25) is 0 Å². The first-order valence-corrected chi connectivity index (χ1v) is 5.62. The molecule has 1 saturated heterocycles. The molecular formula is C12H15FN2O2. The van der Waals surface area contributed by atoms with E-state index in [0.717, 1.165) is 12.5 Å². The van der Waals surface area contributed by atoms with Gasteiger partial charge in [-0.2, -0.15) is 0 Å². The van der Waals surface area contributed by atoms with E-state index >= 15 is 0 Å². The second-order valence-corrected chi connectivity index (χ2v) is 4.25. The van der Waals surface area contributed by atoms with E-state index in [1.165, 1.54) is 12.1 Å². The molecule has 92 valence electrons. The van der Waals surface area contributed by atoms with Gasteiger partial charge in [-0.05, 0) is 24.1 Å². The first-order chi connectivity index (χ1) is 8.13. The van der Waals surface area contributed by atoms with Crippen LogP contribution in [-0.2, 0) is 11.3 Å². The van der Waals surface area contributed by atoms with Crippen molar-refractivity contribution in [1.29, 1.82) is 0 Å². The zero-order valence-electron chi connectivity index (χ0n) is 9.37. The van der Waals surface area contributed by atoms with Crippen LogP contribution in [0, 0.1) is 5.82 Å². The molecule has 1 unspecified atom stereocenters. The number of carbonyl (C=O) groups is 1. The van der Waals surface area contributed by atoms with Crippen molar-refractivity contribution < 1.29 is 14.3 Å². The van der Waals surface area contributed by atoms with Crippen molar-refractivity contribution >= 4 is 5.91 Å². The summed E-state index contributed by atoms with van der Waals surface area (Å²) in [6.45, 7) is 1.13. The van der Waals surface area contributed by atoms with Crippen LogP contribution in [0.5, 0.6) is 5.75 Å². The van der Waals surface area contributed by atoms with Gasteiger partial charge in [0.2, 0.25) is 5.91 Å². The first-order valence-electron chi connectivity index (χ1n) is 5.62. The summed E-state index contributed by atoms with van der Waals surface area (Å²) >= 11 is 0. The van der Waals surface area contributed by atoms with Crippen LogP contribution in [0.4, 0.5) is 4.39 Å². The second-order valence-electron chi connectivity index (χ2n) is 4.25. The molecule has 17 heavy (non-hydrogen) atoms. The normalized spacial score (nSPS) is 19.4. The van der Waals surface area contributed by atoms with Gasteiger partial charge in [0.25, 0.3) is 0 Å². The number of hydrogen-bond acceptors (Lipinski definition) is 3. The van der Waals surface area contributed by atoms with Crippen molar-refractivity contribution in [1.82, 2.24) is 10.6 Å². The summed E-state index contributed by atoms with van der Waals surface area (Å²) in [5.41, 5.74) is 0.687. The van der Waals surface area contributed by atoms with Crippen LogP contribution in [0.25, 0.3) is 0 Å². The third-order valence-electron chi connectivity index (χ3n) is 2.75. The monoisotopic (exact) mass is 238 g/mol. The lowest BCUT2D eigenvalue weighted by Crippen LogP contribution is -2.35. The lowest BCUT2D eigenvalue weighted by atomic mass is 10.2. The molecule has 4 nitrogen and oxygen atoms in total. The minimum atomic E-state index is -0.448. The summed E-state index contributed by atoms with van der Waals surface area (Å²) in [6.07, 6.45) is 1.41. The molecule has 1 aliphatic rings. The van der Waals surface area contributed by atoms with Crippen LogP contribution in [0.15, 0.2) is 18.2 Å². The Morgan fingerprint density at radius 2 is 2.29 bits per heavy atom. The number of nitrogens with one attached hydrogen (secondary N) is 2. The smallest absolute Gasteiger partial charge is 0.220 e. The van der Waals surface area contributed by atoms with Gasteiger partial charge in [0.1, 0.15) is 11.6 Å². The van der Waals surface area contributed by atoms with Crippen molar-refractivity contribution in [2.24, 2.45) is 0 Å². The van der Waals surface area contributed by atoms with E-state index in [1.54, 1.807) is 0 Å². The molecule has 1 aromatic rings. The number of phenolic OH excluding ortho intramolecular Hbond substituents is 1. The Kier molecular flexibility index (Phi) is 3.58. The fraction of sp³-hybridized carbons (Fsp3) is 0.417. The SMILES string of the molecule is O=C1CCC(CNCc2cc(O)cc(F)c2)N1. The van der Waals surface area contributed by atoms with E-state index in [1.807, 2.05) is 0 Å². The highest BCUT2D eigenvalue weighted by Gasteiger charge is 2.19. The van der Waals surface area contributed by atoms with Crippen LogP contribution in [-0.4, -0.2) is 23.6 Å². The molecule has 1 fully saturated rings. The Morgan fingerprint density at radius 1 is 1.47 bits per heavy atom. The van der Waals surface area contributed by atoms with Crippen LogP contribution in [0.1, 0.15) is 18.4 Å². The Balaban J connectivity index is 1.79. The van der Waals surface area contributed by atoms with E-state index in [0.29, 0.717) is 25.1 Å². The third kappa shape index (κ3) is 3.42. The number of amides is 1. The van der Waals surface area contributed by atoms with Gasteiger partial charge in [-0.15, -0.1) is 0 Å². The van der Waals surface area contributed by atoms with Gasteiger partial charge < -0.3 is 15.7 Å². The molecule has 1 amide bonds. The molecule has 1 atom stereocenters. The largest absolute Gasteiger partial charge is 0.508 e. The quantitative estimate of drug-likeness (QED) is 0.730. The molecule has 0 saturated carbocycles. The summed E-state index contributed by atoms with van der Waals surface area (Å²) in [7, 11) is 0. The minimum absolute atomic E-state index is 0.0732. The van der Waals surface area contributed by atoms with Gasteiger partial charge in [-0.1, -0.05) is 0 Å². The lowest BCUT2D eigenvalue weighted by Gasteiger charge is -2.11. The van der Waals surface area contributed by atoms with E-state index in [4.69, 9.17) is 0 Å². The van der Waals surface area contributed by atoms with Crippen LogP contribution >= 0.6 is 0 Å². The van der Waals surface area contributed by atoms with Crippen LogP contribution < -0.4 is 10.6 Å². The van der Waals surface area contributed by atoms with Crippen molar-refractivity contribution in [2.45, 2.75) is 25.4 Å². The van der Waals surface area contributed by atoms with Gasteiger partial charge in [-0.3, -0.25) is 4.79 Å². The number of rotatable bonds is 4. The summed E-state index contributed by atoms with van der Waals surface area (Å²) < 4.78 is 13.0. The molecule has 3 N–H and O–H groups in total. The predicted octanol–water partition coefficient (Wildman–Crippen LogP) is 0.899. The highest BCUT2D eigenvalue weighted by molar-refractivity contribution is 5.78. The highest BCUT2D eigenvalue weighted by atomic mass is 19.1. The fourth-order valence-electron chi connectivity index (χ4n) is 1.96. The Morgan fingerprint density at radius 3 is 2.94 bits per heavy atom. The Hall–Kier alpha value is -1.62. The van der Waals surface area contributed by atoms with Gasteiger partial charge in [-0.25, -0.2) is 4.39 Å². The molecule has 0 aliphatic carbocycles. The molecule has 1 aromatic carbocycles. The molecule has 5 heteroatoms. The predicted molar refractivity (Wildman–Crippen MR) is 60.9 cm³/mol. The molecule has 0 radical (unpaired) electrons. The van der Waals surface area contributed by atoms with Crippen LogP contribution in [0.3, 0.4) is 0 Å². The van der Waals surface area contributed by atoms with Crippen molar-refractivity contribution in [2.75, 3.05) is 6.54 Å². The van der Waals surface area contributed by atoms with Gasteiger partial charge >= 0.3 is 0 Å². The average molecular weight is 238 g/mol. The van der Waals surface area contributed by atoms with Gasteiger partial charge in [0.05, 0.1) is 0 Å².